The molecule has 6 heteroatoms. The molecule has 1 aliphatic heterocycles. The van der Waals surface area contributed by atoms with E-state index in [1.165, 1.54) is 0 Å². The molecule has 1 heterocycles. The van der Waals surface area contributed by atoms with Gasteiger partial charge in [-0.3, -0.25) is 4.79 Å². The Bertz CT molecular complexity index is 818. The van der Waals surface area contributed by atoms with E-state index in [-0.39, 0.29) is 12.5 Å². The number of nitrogens with zero attached hydrogens (tertiary/aromatic N) is 1. The molecule has 26 heavy (non-hydrogen) atoms. The molecular weight excluding hydrogens is 352 g/mol. The number of nitrogens with one attached hydrogen (secondary N) is 1. The van der Waals surface area contributed by atoms with Crippen LogP contribution in [0.2, 0.25) is 5.02 Å². The standard InChI is InChI=1S/C20H21ClN2O3/c1-20(2)19(25)23(17-7-4-3-6-16(17)22-20)12-5-13-26-18(24)14-8-10-15(21)11-9-14/h3-4,6-11,22H,5,12-13H2,1-2H3. The normalized spacial score (nSPS) is 15.2. The first-order valence-corrected chi connectivity index (χ1v) is 8.88. The van der Waals surface area contributed by atoms with Crippen molar-refractivity contribution in [1.82, 2.24) is 0 Å². The van der Waals surface area contributed by atoms with Crippen LogP contribution in [0.3, 0.4) is 0 Å². The van der Waals surface area contributed by atoms with E-state index in [0.717, 1.165) is 11.4 Å². The minimum absolute atomic E-state index is 0.000211. The molecule has 0 aliphatic carbocycles. The number of para-hydroxylation sites is 2. The molecule has 0 saturated carbocycles. The average Bonchev–Trinajstić information content (AvgIpc) is 2.61. The number of fused-ring (bicyclic) bond motifs is 1. The third-order valence-corrected chi connectivity index (χ3v) is 4.51. The van der Waals surface area contributed by atoms with Gasteiger partial charge < -0.3 is 15.0 Å². The smallest absolute Gasteiger partial charge is 0.338 e. The molecule has 5 nitrogen and oxygen atoms in total. The van der Waals surface area contributed by atoms with Crippen LogP contribution in [0.4, 0.5) is 11.4 Å². The van der Waals surface area contributed by atoms with Crippen molar-refractivity contribution in [2.45, 2.75) is 25.8 Å². The minimum atomic E-state index is -0.672. The van der Waals surface area contributed by atoms with Crippen LogP contribution in [-0.2, 0) is 9.53 Å². The van der Waals surface area contributed by atoms with Crippen LogP contribution in [0.15, 0.2) is 48.5 Å². The van der Waals surface area contributed by atoms with E-state index in [1.807, 2.05) is 38.1 Å². The van der Waals surface area contributed by atoms with Crippen molar-refractivity contribution in [2.24, 2.45) is 0 Å². The highest BCUT2D eigenvalue weighted by Crippen LogP contribution is 2.34. The summed E-state index contributed by atoms with van der Waals surface area (Å²) in [6, 6.07) is 14.3. The van der Waals surface area contributed by atoms with E-state index in [0.29, 0.717) is 23.6 Å². The fourth-order valence-corrected chi connectivity index (χ4v) is 3.06. The second-order valence-corrected chi connectivity index (χ2v) is 7.16. The van der Waals surface area contributed by atoms with Crippen molar-refractivity contribution >= 4 is 34.9 Å². The molecule has 1 aliphatic rings. The van der Waals surface area contributed by atoms with Crippen LogP contribution in [-0.4, -0.2) is 30.6 Å². The molecule has 136 valence electrons. The number of hydrogen-bond donors (Lipinski definition) is 1. The van der Waals surface area contributed by atoms with Gasteiger partial charge in [-0.2, -0.15) is 0 Å². The Morgan fingerprint density at radius 2 is 1.85 bits per heavy atom. The molecule has 0 saturated heterocycles. The van der Waals surface area contributed by atoms with Crippen LogP contribution < -0.4 is 10.2 Å². The number of amides is 1. The predicted octanol–water partition coefficient (Wildman–Crippen LogP) is 4.12. The third-order valence-electron chi connectivity index (χ3n) is 4.26. The highest BCUT2D eigenvalue weighted by molar-refractivity contribution is 6.30. The monoisotopic (exact) mass is 372 g/mol. The molecule has 0 radical (unpaired) electrons. The molecule has 0 fully saturated rings. The van der Waals surface area contributed by atoms with Crippen LogP contribution >= 0.6 is 11.6 Å². The molecule has 0 aromatic heterocycles. The van der Waals surface area contributed by atoms with Crippen molar-refractivity contribution in [2.75, 3.05) is 23.4 Å². The zero-order valence-electron chi connectivity index (χ0n) is 14.8. The van der Waals surface area contributed by atoms with E-state index in [4.69, 9.17) is 16.3 Å². The number of carbonyl (C=O) groups is 2. The SMILES string of the molecule is CC1(C)Nc2ccccc2N(CCCOC(=O)c2ccc(Cl)cc2)C1=O. The zero-order valence-corrected chi connectivity index (χ0v) is 15.5. The number of ether oxygens (including phenoxy) is 1. The average molecular weight is 373 g/mol. The number of benzene rings is 2. The third kappa shape index (κ3) is 3.83. The molecule has 1 amide bonds. The summed E-state index contributed by atoms with van der Waals surface area (Å²) >= 11 is 5.81. The van der Waals surface area contributed by atoms with E-state index in [9.17, 15) is 9.59 Å². The van der Waals surface area contributed by atoms with Gasteiger partial charge in [0.2, 0.25) is 0 Å². The molecular formula is C20H21ClN2O3. The van der Waals surface area contributed by atoms with Crippen LogP contribution in [0, 0.1) is 0 Å². The fourth-order valence-electron chi connectivity index (χ4n) is 2.93. The van der Waals surface area contributed by atoms with E-state index in [2.05, 4.69) is 5.32 Å². The minimum Gasteiger partial charge on any atom is -0.462 e. The van der Waals surface area contributed by atoms with Gasteiger partial charge >= 0.3 is 5.97 Å². The Balaban J connectivity index is 1.59. The number of esters is 1. The van der Waals surface area contributed by atoms with E-state index in [1.54, 1.807) is 29.2 Å². The fraction of sp³-hybridized carbons (Fsp3) is 0.300. The summed E-state index contributed by atoms with van der Waals surface area (Å²) < 4.78 is 5.30. The van der Waals surface area contributed by atoms with Crippen molar-refractivity contribution in [3.8, 4) is 0 Å². The summed E-state index contributed by atoms with van der Waals surface area (Å²) in [6.45, 7) is 4.44. The molecule has 2 aromatic carbocycles. The first-order valence-electron chi connectivity index (χ1n) is 8.50. The Kier molecular flexibility index (Phi) is 5.18. The first-order chi connectivity index (χ1) is 12.4. The quantitative estimate of drug-likeness (QED) is 0.633. The van der Waals surface area contributed by atoms with E-state index < -0.39 is 11.5 Å². The number of halogens is 1. The van der Waals surface area contributed by atoms with Crippen molar-refractivity contribution < 1.29 is 14.3 Å². The molecule has 2 aromatic rings. The summed E-state index contributed by atoms with van der Waals surface area (Å²) in [4.78, 5) is 26.5. The maximum atomic E-state index is 12.7. The van der Waals surface area contributed by atoms with Gasteiger partial charge in [0, 0.05) is 11.6 Å². The summed E-state index contributed by atoms with van der Waals surface area (Å²) in [5.41, 5.74) is 1.56. The van der Waals surface area contributed by atoms with Crippen LogP contribution in [0.25, 0.3) is 0 Å². The predicted molar refractivity (Wildman–Crippen MR) is 103 cm³/mol. The van der Waals surface area contributed by atoms with Crippen molar-refractivity contribution in [3.05, 3.63) is 59.1 Å². The Morgan fingerprint density at radius 1 is 1.15 bits per heavy atom. The zero-order chi connectivity index (χ0) is 18.7. The number of carbonyl (C=O) groups excluding carboxylic acids is 2. The molecule has 0 atom stereocenters. The lowest BCUT2D eigenvalue weighted by atomic mass is 9.98. The van der Waals surface area contributed by atoms with Gasteiger partial charge in [-0.1, -0.05) is 23.7 Å². The Hall–Kier alpha value is -2.53. The van der Waals surface area contributed by atoms with Crippen LogP contribution in [0.1, 0.15) is 30.6 Å². The molecule has 3 rings (SSSR count). The largest absolute Gasteiger partial charge is 0.462 e. The lowest BCUT2D eigenvalue weighted by Gasteiger charge is -2.39. The summed E-state index contributed by atoms with van der Waals surface area (Å²) in [7, 11) is 0. The van der Waals surface area contributed by atoms with Gasteiger partial charge in [-0.25, -0.2) is 4.79 Å². The summed E-state index contributed by atoms with van der Waals surface area (Å²) in [5.74, 6) is -0.394. The van der Waals surface area contributed by atoms with Gasteiger partial charge in [0.25, 0.3) is 5.91 Å². The van der Waals surface area contributed by atoms with Crippen LogP contribution in [0.5, 0.6) is 0 Å². The Labute approximate surface area is 157 Å². The highest BCUT2D eigenvalue weighted by atomic mass is 35.5. The van der Waals surface area contributed by atoms with Gasteiger partial charge in [0.1, 0.15) is 5.54 Å². The number of anilines is 2. The van der Waals surface area contributed by atoms with Crippen molar-refractivity contribution in [1.29, 1.82) is 0 Å². The second kappa shape index (κ2) is 7.38. The molecule has 0 unspecified atom stereocenters. The first kappa shape index (κ1) is 18.3. The highest BCUT2D eigenvalue weighted by Gasteiger charge is 2.38. The van der Waals surface area contributed by atoms with E-state index >= 15 is 0 Å². The van der Waals surface area contributed by atoms with Gasteiger partial charge in [-0.05, 0) is 56.7 Å². The maximum Gasteiger partial charge on any atom is 0.338 e. The molecule has 0 spiro atoms. The molecule has 1 N–H and O–H groups in total. The van der Waals surface area contributed by atoms with Gasteiger partial charge in [0.05, 0.1) is 23.5 Å². The van der Waals surface area contributed by atoms with Crippen molar-refractivity contribution in [3.63, 3.8) is 0 Å². The second-order valence-electron chi connectivity index (χ2n) is 6.72. The topological polar surface area (TPSA) is 58.6 Å². The summed E-state index contributed by atoms with van der Waals surface area (Å²) in [6.07, 6.45) is 0.551. The number of hydrogen-bond acceptors (Lipinski definition) is 4. The lowest BCUT2D eigenvalue weighted by Crippen LogP contribution is -2.54. The Morgan fingerprint density at radius 3 is 2.58 bits per heavy atom. The van der Waals surface area contributed by atoms with Gasteiger partial charge in [-0.15, -0.1) is 0 Å². The lowest BCUT2D eigenvalue weighted by molar-refractivity contribution is -0.122. The molecule has 0 bridgehead atoms. The summed E-state index contributed by atoms with van der Waals surface area (Å²) in [5, 5.41) is 3.83. The number of rotatable bonds is 5. The maximum absolute atomic E-state index is 12.7. The van der Waals surface area contributed by atoms with Gasteiger partial charge in [0.15, 0.2) is 0 Å².